The molecule has 1 saturated heterocycles. The van der Waals surface area contributed by atoms with E-state index in [0.29, 0.717) is 13.0 Å². The number of anilines is 1. The molecule has 1 aliphatic rings. The highest BCUT2D eigenvalue weighted by Crippen LogP contribution is 2.17. The van der Waals surface area contributed by atoms with Gasteiger partial charge in [0.05, 0.1) is 0 Å². The zero-order valence-electron chi connectivity index (χ0n) is 13.7. The van der Waals surface area contributed by atoms with E-state index in [9.17, 15) is 4.79 Å². The van der Waals surface area contributed by atoms with Gasteiger partial charge in [0, 0.05) is 57.4 Å². The quantitative estimate of drug-likeness (QED) is 0.822. The third-order valence-corrected chi connectivity index (χ3v) is 4.16. The summed E-state index contributed by atoms with van der Waals surface area (Å²) in [7, 11) is 0. The van der Waals surface area contributed by atoms with Crippen molar-refractivity contribution >= 4 is 11.6 Å². The summed E-state index contributed by atoms with van der Waals surface area (Å²) in [6, 6.07) is 8.70. The minimum atomic E-state index is 0.0608. The zero-order chi connectivity index (χ0) is 15.9. The first-order chi connectivity index (χ1) is 10.6. The molecule has 0 bridgehead atoms. The van der Waals surface area contributed by atoms with Gasteiger partial charge in [-0.2, -0.15) is 0 Å². The van der Waals surface area contributed by atoms with Crippen molar-refractivity contribution < 1.29 is 4.79 Å². The number of rotatable bonds is 6. The SMILES string of the molecule is Cc1cccc(N2CCN(CCC(=O)N[C@@H](C)CN)CC2)c1. The molecule has 1 aromatic rings. The van der Waals surface area contributed by atoms with Crippen molar-refractivity contribution in [3.63, 3.8) is 0 Å². The molecule has 1 amide bonds. The summed E-state index contributed by atoms with van der Waals surface area (Å²) in [5.41, 5.74) is 8.11. The van der Waals surface area contributed by atoms with Crippen LogP contribution in [-0.4, -0.2) is 56.1 Å². The first-order valence-electron chi connectivity index (χ1n) is 8.12. The maximum Gasteiger partial charge on any atom is 0.221 e. The van der Waals surface area contributed by atoms with Gasteiger partial charge in [0.25, 0.3) is 0 Å². The third kappa shape index (κ3) is 5.00. The average molecular weight is 304 g/mol. The number of hydrogen-bond acceptors (Lipinski definition) is 4. The second kappa shape index (κ2) is 8.15. The highest BCUT2D eigenvalue weighted by Gasteiger charge is 2.18. The molecule has 1 heterocycles. The van der Waals surface area contributed by atoms with E-state index in [1.807, 2.05) is 6.92 Å². The van der Waals surface area contributed by atoms with Crippen LogP contribution in [-0.2, 0) is 4.79 Å². The zero-order valence-corrected chi connectivity index (χ0v) is 13.7. The average Bonchev–Trinajstić information content (AvgIpc) is 2.53. The molecule has 5 nitrogen and oxygen atoms in total. The Kier molecular flexibility index (Phi) is 6.21. The van der Waals surface area contributed by atoms with Crippen LogP contribution < -0.4 is 16.0 Å². The molecular formula is C17H28N4O. The summed E-state index contributed by atoms with van der Waals surface area (Å²) in [5, 5.41) is 2.91. The number of aryl methyl sites for hydroxylation is 1. The van der Waals surface area contributed by atoms with Gasteiger partial charge in [0.1, 0.15) is 0 Å². The molecule has 1 aliphatic heterocycles. The van der Waals surface area contributed by atoms with E-state index in [2.05, 4.69) is 46.3 Å². The van der Waals surface area contributed by atoms with Gasteiger partial charge in [-0.1, -0.05) is 12.1 Å². The fourth-order valence-corrected chi connectivity index (χ4v) is 2.72. The fraction of sp³-hybridized carbons (Fsp3) is 0.588. The monoisotopic (exact) mass is 304 g/mol. The van der Waals surface area contributed by atoms with Gasteiger partial charge in [-0.25, -0.2) is 0 Å². The van der Waals surface area contributed by atoms with Gasteiger partial charge >= 0.3 is 0 Å². The summed E-state index contributed by atoms with van der Waals surface area (Å²) >= 11 is 0. The molecule has 0 unspecified atom stereocenters. The first kappa shape index (κ1) is 16.8. The number of carbonyl (C=O) groups is 1. The molecule has 0 saturated carbocycles. The van der Waals surface area contributed by atoms with Crippen molar-refractivity contribution in [3.8, 4) is 0 Å². The number of benzene rings is 1. The van der Waals surface area contributed by atoms with Crippen molar-refractivity contribution in [3.05, 3.63) is 29.8 Å². The van der Waals surface area contributed by atoms with Crippen LogP contribution in [0.1, 0.15) is 18.9 Å². The van der Waals surface area contributed by atoms with Crippen LogP contribution in [0.15, 0.2) is 24.3 Å². The maximum absolute atomic E-state index is 11.8. The van der Waals surface area contributed by atoms with Crippen LogP contribution >= 0.6 is 0 Å². The van der Waals surface area contributed by atoms with Crippen molar-refractivity contribution in [2.24, 2.45) is 5.73 Å². The summed E-state index contributed by atoms with van der Waals surface area (Å²) in [6.45, 7) is 9.42. The molecule has 22 heavy (non-hydrogen) atoms. The van der Waals surface area contributed by atoms with Gasteiger partial charge in [-0.05, 0) is 31.5 Å². The smallest absolute Gasteiger partial charge is 0.221 e. The highest BCUT2D eigenvalue weighted by atomic mass is 16.1. The van der Waals surface area contributed by atoms with Crippen LogP contribution in [0.3, 0.4) is 0 Å². The Morgan fingerprint density at radius 1 is 1.32 bits per heavy atom. The standard InChI is InChI=1S/C17H28N4O/c1-14-4-3-5-16(12-14)21-10-8-20(9-11-21)7-6-17(22)19-15(2)13-18/h3-5,12,15H,6-11,13,18H2,1-2H3,(H,19,22)/t15-/m0/s1. The number of nitrogens with two attached hydrogens (primary N) is 1. The number of nitrogens with zero attached hydrogens (tertiary/aromatic N) is 2. The summed E-state index contributed by atoms with van der Waals surface area (Å²) in [5.74, 6) is 0.0964. The lowest BCUT2D eigenvalue weighted by molar-refractivity contribution is -0.122. The second-order valence-corrected chi connectivity index (χ2v) is 6.12. The maximum atomic E-state index is 11.8. The van der Waals surface area contributed by atoms with E-state index < -0.39 is 0 Å². The van der Waals surface area contributed by atoms with Gasteiger partial charge in [0.15, 0.2) is 0 Å². The Balaban J connectivity index is 1.72. The van der Waals surface area contributed by atoms with E-state index in [0.717, 1.165) is 32.7 Å². The Morgan fingerprint density at radius 3 is 2.68 bits per heavy atom. The number of hydrogen-bond donors (Lipinski definition) is 2. The molecule has 3 N–H and O–H groups in total. The van der Waals surface area contributed by atoms with E-state index >= 15 is 0 Å². The van der Waals surface area contributed by atoms with Crippen LogP contribution in [0.4, 0.5) is 5.69 Å². The minimum Gasteiger partial charge on any atom is -0.369 e. The Bertz CT molecular complexity index is 483. The molecule has 1 atom stereocenters. The number of amides is 1. The van der Waals surface area contributed by atoms with Crippen LogP contribution in [0.25, 0.3) is 0 Å². The normalized spacial score (nSPS) is 17.3. The van der Waals surface area contributed by atoms with Crippen LogP contribution in [0, 0.1) is 6.92 Å². The Hall–Kier alpha value is -1.59. The van der Waals surface area contributed by atoms with Gasteiger partial charge in [-0.15, -0.1) is 0 Å². The topological polar surface area (TPSA) is 61.6 Å². The third-order valence-electron chi connectivity index (χ3n) is 4.16. The summed E-state index contributed by atoms with van der Waals surface area (Å²) in [4.78, 5) is 16.6. The molecule has 1 fully saturated rings. The van der Waals surface area contributed by atoms with Crippen LogP contribution in [0.2, 0.25) is 0 Å². The predicted octanol–water partition coefficient (Wildman–Crippen LogP) is 0.971. The molecule has 2 rings (SSSR count). The summed E-state index contributed by atoms with van der Waals surface area (Å²) in [6.07, 6.45) is 0.550. The number of piperazine rings is 1. The molecule has 0 spiro atoms. The Morgan fingerprint density at radius 2 is 2.05 bits per heavy atom. The van der Waals surface area contributed by atoms with E-state index in [-0.39, 0.29) is 11.9 Å². The molecule has 0 aliphatic carbocycles. The van der Waals surface area contributed by atoms with Gasteiger partial charge < -0.3 is 16.0 Å². The highest BCUT2D eigenvalue weighted by molar-refractivity contribution is 5.76. The van der Waals surface area contributed by atoms with Gasteiger partial charge in [0.2, 0.25) is 5.91 Å². The number of nitrogens with one attached hydrogen (secondary N) is 1. The van der Waals surface area contributed by atoms with Gasteiger partial charge in [-0.3, -0.25) is 9.69 Å². The van der Waals surface area contributed by atoms with E-state index in [1.54, 1.807) is 0 Å². The fourth-order valence-electron chi connectivity index (χ4n) is 2.72. The molecule has 1 aromatic carbocycles. The van der Waals surface area contributed by atoms with Crippen molar-refractivity contribution in [2.75, 3.05) is 44.2 Å². The minimum absolute atomic E-state index is 0.0608. The van der Waals surface area contributed by atoms with E-state index in [4.69, 9.17) is 5.73 Å². The van der Waals surface area contributed by atoms with Crippen molar-refractivity contribution in [1.82, 2.24) is 10.2 Å². The molecular weight excluding hydrogens is 276 g/mol. The molecule has 5 heteroatoms. The lowest BCUT2D eigenvalue weighted by Crippen LogP contribution is -2.47. The molecule has 0 radical (unpaired) electrons. The van der Waals surface area contributed by atoms with E-state index in [1.165, 1.54) is 11.3 Å². The first-order valence-corrected chi connectivity index (χ1v) is 8.12. The molecule has 122 valence electrons. The summed E-state index contributed by atoms with van der Waals surface area (Å²) < 4.78 is 0. The lowest BCUT2D eigenvalue weighted by Gasteiger charge is -2.36. The van der Waals surface area contributed by atoms with Crippen LogP contribution in [0.5, 0.6) is 0 Å². The molecule has 0 aromatic heterocycles. The Labute approximate surface area is 133 Å². The van der Waals surface area contributed by atoms with Crippen molar-refractivity contribution in [2.45, 2.75) is 26.3 Å². The largest absolute Gasteiger partial charge is 0.369 e. The predicted molar refractivity (Wildman–Crippen MR) is 91.1 cm³/mol. The lowest BCUT2D eigenvalue weighted by atomic mass is 10.2. The van der Waals surface area contributed by atoms with Crippen molar-refractivity contribution in [1.29, 1.82) is 0 Å². The number of carbonyl (C=O) groups excluding carboxylic acids is 1. The second-order valence-electron chi connectivity index (χ2n) is 6.12.